The predicted octanol–water partition coefficient (Wildman–Crippen LogP) is -1.46. The van der Waals surface area contributed by atoms with Crippen LogP contribution < -0.4 is 10.5 Å². The van der Waals surface area contributed by atoms with Gasteiger partial charge in [-0.15, -0.1) is 0 Å². The zero-order valence-electron chi connectivity index (χ0n) is 9.08. The molecule has 0 aromatic carbocycles. The highest BCUT2D eigenvalue weighted by Gasteiger charge is 2.30. The number of nitrogens with zero attached hydrogens (tertiary/aromatic N) is 1. The van der Waals surface area contributed by atoms with Crippen LogP contribution in [0.4, 0.5) is 0 Å². The van der Waals surface area contributed by atoms with E-state index in [0.29, 0.717) is 0 Å². The molecule has 4 N–H and O–H groups in total. The number of nitriles is 1. The highest BCUT2D eigenvalue weighted by Crippen LogP contribution is 2.05. The van der Waals surface area contributed by atoms with Crippen LogP contribution in [0.15, 0.2) is 0 Å². The maximum atomic E-state index is 11.5. The van der Waals surface area contributed by atoms with Crippen molar-refractivity contribution < 1.29 is 23.1 Å². The number of sulfonamides is 1. The van der Waals surface area contributed by atoms with Crippen molar-refractivity contribution in [1.82, 2.24) is 4.72 Å². The number of hydrogen-bond acceptors (Lipinski definition) is 5. The highest BCUT2D eigenvalue weighted by molar-refractivity contribution is 7.90. The number of carbonyl (C=O) groups is 2. The molecule has 0 aliphatic heterocycles. The van der Waals surface area contributed by atoms with Crippen molar-refractivity contribution in [3.8, 4) is 6.07 Å². The molecule has 0 heterocycles. The van der Waals surface area contributed by atoms with Gasteiger partial charge in [-0.05, 0) is 6.42 Å². The molecular weight excluding hydrogens is 250 g/mol. The normalized spacial score (nSPS) is 14.6. The Bertz CT molecular complexity index is 439. The molecule has 0 aliphatic rings. The minimum absolute atomic E-state index is 0.00867. The van der Waals surface area contributed by atoms with Gasteiger partial charge in [0.25, 0.3) is 0 Å². The highest BCUT2D eigenvalue weighted by atomic mass is 32.2. The lowest BCUT2D eigenvalue weighted by Crippen LogP contribution is -2.46. The molecule has 0 saturated carbocycles. The topological polar surface area (TPSA) is 150 Å². The molecule has 1 unspecified atom stereocenters. The van der Waals surface area contributed by atoms with Gasteiger partial charge in [0, 0.05) is 0 Å². The van der Waals surface area contributed by atoms with Crippen molar-refractivity contribution in [1.29, 1.82) is 5.26 Å². The molecular formula is C8H13N3O5S. The number of primary amides is 1. The van der Waals surface area contributed by atoms with Gasteiger partial charge in [-0.3, -0.25) is 9.59 Å². The van der Waals surface area contributed by atoms with Crippen LogP contribution in [0.1, 0.15) is 19.8 Å². The molecule has 0 saturated heterocycles. The fourth-order valence-electron chi connectivity index (χ4n) is 1.04. The predicted molar refractivity (Wildman–Crippen MR) is 57.0 cm³/mol. The molecule has 17 heavy (non-hydrogen) atoms. The van der Waals surface area contributed by atoms with E-state index in [9.17, 15) is 18.0 Å². The quantitative estimate of drug-likeness (QED) is 0.510. The van der Waals surface area contributed by atoms with Crippen molar-refractivity contribution in [3.05, 3.63) is 0 Å². The van der Waals surface area contributed by atoms with Crippen LogP contribution in [-0.4, -0.2) is 36.7 Å². The first kappa shape index (κ1) is 15.3. The fourth-order valence-corrected chi connectivity index (χ4v) is 2.36. The molecule has 96 valence electrons. The third-order valence-corrected chi connectivity index (χ3v) is 3.70. The Morgan fingerprint density at radius 2 is 2.06 bits per heavy atom. The second-order valence-corrected chi connectivity index (χ2v) is 5.14. The van der Waals surface area contributed by atoms with Gasteiger partial charge in [-0.1, -0.05) is 6.92 Å². The maximum Gasteiger partial charge on any atom is 0.322 e. The van der Waals surface area contributed by atoms with Gasteiger partial charge in [0.15, 0.2) is 5.25 Å². The third-order valence-electron chi connectivity index (χ3n) is 1.90. The van der Waals surface area contributed by atoms with Crippen molar-refractivity contribution in [2.45, 2.75) is 31.1 Å². The second kappa shape index (κ2) is 6.17. The number of carboxylic acids is 1. The van der Waals surface area contributed by atoms with Gasteiger partial charge in [0.05, 0.1) is 12.5 Å². The average molecular weight is 263 g/mol. The molecule has 0 radical (unpaired) electrons. The van der Waals surface area contributed by atoms with Gasteiger partial charge >= 0.3 is 5.97 Å². The van der Waals surface area contributed by atoms with E-state index in [2.05, 4.69) is 0 Å². The first-order chi connectivity index (χ1) is 7.74. The van der Waals surface area contributed by atoms with E-state index in [1.165, 1.54) is 13.0 Å². The van der Waals surface area contributed by atoms with E-state index in [4.69, 9.17) is 16.1 Å². The van der Waals surface area contributed by atoms with Crippen molar-refractivity contribution in [2.75, 3.05) is 0 Å². The molecule has 0 spiro atoms. The Labute approximate surface area is 98.5 Å². The minimum atomic E-state index is -4.11. The average Bonchev–Trinajstić information content (AvgIpc) is 2.16. The zero-order chi connectivity index (χ0) is 13.6. The van der Waals surface area contributed by atoms with E-state index in [-0.39, 0.29) is 6.42 Å². The van der Waals surface area contributed by atoms with Crippen LogP contribution in [-0.2, 0) is 19.6 Å². The Hall–Kier alpha value is -1.66. The summed E-state index contributed by atoms with van der Waals surface area (Å²) in [7, 11) is -4.11. The summed E-state index contributed by atoms with van der Waals surface area (Å²) in [5, 5.41) is 15.9. The number of nitrogens with two attached hydrogens (primary N) is 1. The van der Waals surface area contributed by atoms with E-state index in [1.54, 1.807) is 4.72 Å². The van der Waals surface area contributed by atoms with Crippen molar-refractivity contribution >= 4 is 21.9 Å². The van der Waals surface area contributed by atoms with Gasteiger partial charge in [0.1, 0.15) is 6.04 Å². The lowest BCUT2D eigenvalue weighted by molar-refractivity contribution is -0.140. The first-order valence-corrected chi connectivity index (χ1v) is 6.21. The number of nitrogens with one attached hydrogen (secondary N) is 1. The van der Waals surface area contributed by atoms with Crippen LogP contribution in [0.5, 0.6) is 0 Å². The fraction of sp³-hybridized carbons (Fsp3) is 0.625. The van der Waals surface area contributed by atoms with Crippen molar-refractivity contribution in [2.24, 2.45) is 5.73 Å². The molecule has 0 aromatic heterocycles. The van der Waals surface area contributed by atoms with Crippen LogP contribution >= 0.6 is 0 Å². The van der Waals surface area contributed by atoms with E-state index in [0.717, 1.165) is 0 Å². The Balaban J connectivity index is 4.94. The molecule has 8 nitrogen and oxygen atoms in total. The molecule has 1 amide bonds. The maximum absolute atomic E-state index is 11.5. The summed E-state index contributed by atoms with van der Waals surface area (Å²) in [6, 6.07) is -0.123. The summed E-state index contributed by atoms with van der Waals surface area (Å²) in [4.78, 5) is 21.3. The molecule has 0 bridgehead atoms. The number of hydrogen-bond donors (Lipinski definition) is 3. The molecule has 0 aromatic rings. The van der Waals surface area contributed by atoms with Crippen LogP contribution in [0.3, 0.4) is 0 Å². The summed E-state index contributed by atoms with van der Waals surface area (Å²) in [6.45, 7) is 1.47. The van der Waals surface area contributed by atoms with Crippen LogP contribution in [0, 0.1) is 11.3 Å². The summed E-state index contributed by atoms with van der Waals surface area (Å²) in [5.41, 5.74) is 4.79. The number of carboxylic acid groups (broad SMARTS) is 1. The van der Waals surface area contributed by atoms with E-state index in [1.807, 2.05) is 0 Å². The largest absolute Gasteiger partial charge is 0.480 e. The van der Waals surface area contributed by atoms with Gasteiger partial charge in [0.2, 0.25) is 15.9 Å². The SMILES string of the molecule is CCC(C#N)S(=O)(=O)N[C@@H](CC(N)=O)C(=O)O. The molecule has 0 rings (SSSR count). The van der Waals surface area contributed by atoms with Gasteiger partial charge in [-0.25, -0.2) is 8.42 Å². The zero-order valence-corrected chi connectivity index (χ0v) is 9.90. The number of aliphatic carboxylic acids is 1. The van der Waals surface area contributed by atoms with Gasteiger partial charge in [-0.2, -0.15) is 9.98 Å². The lowest BCUT2D eigenvalue weighted by Gasteiger charge is -2.15. The summed E-state index contributed by atoms with van der Waals surface area (Å²) < 4.78 is 24.9. The molecule has 0 aliphatic carbocycles. The monoisotopic (exact) mass is 263 g/mol. The lowest BCUT2D eigenvalue weighted by atomic mass is 10.2. The number of carbonyl (C=O) groups excluding carboxylic acids is 1. The van der Waals surface area contributed by atoms with Crippen LogP contribution in [0.25, 0.3) is 0 Å². The van der Waals surface area contributed by atoms with Gasteiger partial charge < -0.3 is 10.8 Å². The number of rotatable bonds is 7. The smallest absolute Gasteiger partial charge is 0.322 e. The van der Waals surface area contributed by atoms with Crippen LogP contribution in [0.2, 0.25) is 0 Å². The Morgan fingerprint density at radius 1 is 1.53 bits per heavy atom. The first-order valence-electron chi connectivity index (χ1n) is 4.66. The molecule has 9 heteroatoms. The Morgan fingerprint density at radius 3 is 2.35 bits per heavy atom. The summed E-state index contributed by atoms with van der Waals surface area (Å²) in [6.07, 6.45) is -0.662. The summed E-state index contributed by atoms with van der Waals surface area (Å²) >= 11 is 0. The third kappa shape index (κ3) is 4.80. The van der Waals surface area contributed by atoms with E-state index < -0.39 is 39.6 Å². The molecule has 0 fully saturated rings. The Kier molecular flexibility index (Phi) is 5.57. The standard InChI is InChI=1S/C8H13N3O5S/c1-2-5(4-9)17(15,16)11-6(8(13)14)3-7(10)12/h5-6,11H,2-3H2,1H3,(H2,10,12)(H,13,14)/t5?,6-/m0/s1. The second-order valence-electron chi connectivity index (χ2n) is 3.25. The summed E-state index contributed by atoms with van der Waals surface area (Å²) in [5.74, 6) is -2.48. The van der Waals surface area contributed by atoms with E-state index >= 15 is 0 Å². The molecule has 2 atom stereocenters. The van der Waals surface area contributed by atoms with Crippen molar-refractivity contribution in [3.63, 3.8) is 0 Å². The number of amides is 1. The minimum Gasteiger partial charge on any atom is -0.480 e.